The molecule has 1 atom stereocenters. The van der Waals surface area contributed by atoms with Crippen molar-refractivity contribution in [2.75, 3.05) is 0 Å². The lowest BCUT2D eigenvalue weighted by molar-refractivity contribution is 0.827. The average Bonchev–Trinajstić information content (AvgIpc) is 3.85. The number of allylic oxidation sites excluding steroid dienone is 4. The van der Waals surface area contributed by atoms with Gasteiger partial charge in [-0.1, -0.05) is 194 Å². The molecule has 2 nitrogen and oxygen atoms in total. The van der Waals surface area contributed by atoms with Gasteiger partial charge >= 0.3 is 0 Å². The SMILES string of the molecule is CCn1c2ccccc2c2cc(-n3c(-c4ccccc4)c4c(-c5ccccc5)c(-c5ccccc5)c(C5C=CC=CC5)c(-c5ccccc5)c4c3-c3ccccc3)ccc21. The molecule has 8 aromatic carbocycles. The van der Waals surface area contributed by atoms with Gasteiger partial charge in [-0.25, -0.2) is 0 Å². The molecule has 1 aliphatic carbocycles. The maximum absolute atomic E-state index is 2.60. The summed E-state index contributed by atoms with van der Waals surface area (Å²) in [6, 6.07) is 71.6. The summed E-state index contributed by atoms with van der Waals surface area (Å²) in [7, 11) is 0. The average molecular weight is 769 g/mol. The van der Waals surface area contributed by atoms with Gasteiger partial charge in [-0.3, -0.25) is 0 Å². The lowest BCUT2D eigenvalue weighted by Gasteiger charge is -2.27. The Morgan fingerprint density at radius 1 is 0.450 bits per heavy atom. The van der Waals surface area contributed by atoms with E-state index in [1.165, 1.54) is 94.0 Å². The second-order valence-electron chi connectivity index (χ2n) is 15.8. The Labute approximate surface area is 351 Å². The number of rotatable bonds is 8. The van der Waals surface area contributed by atoms with Crippen molar-refractivity contribution in [1.29, 1.82) is 0 Å². The van der Waals surface area contributed by atoms with Crippen LogP contribution in [0.25, 0.3) is 94.2 Å². The van der Waals surface area contributed by atoms with Gasteiger partial charge in [0.1, 0.15) is 0 Å². The van der Waals surface area contributed by atoms with Gasteiger partial charge in [0.25, 0.3) is 0 Å². The van der Waals surface area contributed by atoms with E-state index in [0.29, 0.717) is 0 Å². The third-order valence-corrected chi connectivity index (χ3v) is 12.4. The molecular weight excluding hydrogens is 725 g/mol. The first-order valence-corrected chi connectivity index (χ1v) is 21.2. The summed E-state index contributed by atoms with van der Waals surface area (Å²) < 4.78 is 5.04. The fourth-order valence-electron chi connectivity index (χ4n) is 9.97. The van der Waals surface area contributed by atoms with Crippen molar-refractivity contribution in [3.05, 3.63) is 224 Å². The summed E-state index contributed by atoms with van der Waals surface area (Å²) in [5.74, 6) is 0.149. The zero-order valence-corrected chi connectivity index (χ0v) is 33.7. The van der Waals surface area contributed by atoms with Crippen LogP contribution in [0.2, 0.25) is 0 Å². The summed E-state index contributed by atoms with van der Waals surface area (Å²) in [4.78, 5) is 0. The highest BCUT2D eigenvalue weighted by molar-refractivity contribution is 6.23. The number of hydrogen-bond acceptors (Lipinski definition) is 0. The third-order valence-electron chi connectivity index (χ3n) is 12.4. The van der Waals surface area contributed by atoms with E-state index in [1.807, 2.05) is 0 Å². The van der Waals surface area contributed by atoms with E-state index < -0.39 is 0 Å². The van der Waals surface area contributed by atoms with Gasteiger partial charge in [0.05, 0.1) is 11.4 Å². The molecule has 0 bridgehead atoms. The normalized spacial score (nSPS) is 13.8. The second-order valence-corrected chi connectivity index (χ2v) is 15.8. The van der Waals surface area contributed by atoms with Crippen molar-refractivity contribution >= 4 is 32.6 Å². The summed E-state index contributed by atoms with van der Waals surface area (Å²) >= 11 is 0. The standard InChI is InChI=1S/C58H44N2/c1-2-59-49-36-22-21-35-47(49)48-39-46(37-38-50(48)59)60-57(44-31-17-7-18-32-44)55-53(42-27-13-5-14-28-42)51(40-23-9-3-10-24-40)52(41-25-11-4-12-26-41)54(43-29-15-6-16-30-43)56(55)58(60)45-33-19-8-20-34-45/h3-25,27-39,41H,2,26H2,1H3. The summed E-state index contributed by atoms with van der Waals surface area (Å²) in [5.41, 5.74) is 17.2. The zero-order valence-electron chi connectivity index (χ0n) is 33.7. The highest BCUT2D eigenvalue weighted by Gasteiger charge is 2.33. The predicted octanol–water partition coefficient (Wildman–Crippen LogP) is 15.7. The smallest absolute Gasteiger partial charge is 0.0620 e. The number of nitrogens with zero attached hydrogens (tertiary/aromatic N) is 2. The van der Waals surface area contributed by atoms with Crippen LogP contribution in [-0.4, -0.2) is 9.13 Å². The van der Waals surface area contributed by atoms with E-state index >= 15 is 0 Å². The minimum atomic E-state index is 0.149. The van der Waals surface area contributed by atoms with Crippen molar-refractivity contribution in [3.63, 3.8) is 0 Å². The van der Waals surface area contributed by atoms with E-state index in [4.69, 9.17) is 0 Å². The number of hydrogen-bond donors (Lipinski definition) is 0. The number of benzene rings is 8. The molecular formula is C58H44N2. The first kappa shape index (κ1) is 35.7. The molecule has 1 unspecified atom stereocenters. The van der Waals surface area contributed by atoms with Crippen molar-refractivity contribution < 1.29 is 0 Å². The van der Waals surface area contributed by atoms with Crippen LogP contribution in [0.5, 0.6) is 0 Å². The summed E-state index contributed by atoms with van der Waals surface area (Å²) in [6.45, 7) is 3.15. The van der Waals surface area contributed by atoms with E-state index in [-0.39, 0.29) is 5.92 Å². The molecule has 11 rings (SSSR count). The van der Waals surface area contributed by atoms with E-state index in [2.05, 4.69) is 234 Å². The lowest BCUT2D eigenvalue weighted by Crippen LogP contribution is -2.05. The Hall–Kier alpha value is -7.42. The second kappa shape index (κ2) is 15.1. The molecule has 2 heteroatoms. The third kappa shape index (κ3) is 5.79. The van der Waals surface area contributed by atoms with Crippen molar-refractivity contribution in [2.45, 2.75) is 25.8 Å². The molecule has 60 heavy (non-hydrogen) atoms. The molecule has 10 aromatic rings. The van der Waals surface area contributed by atoms with Gasteiger partial charge in [-0.05, 0) is 87.7 Å². The van der Waals surface area contributed by atoms with E-state index in [0.717, 1.165) is 18.7 Å². The molecule has 2 heterocycles. The minimum Gasteiger partial charge on any atom is -0.341 e. The largest absolute Gasteiger partial charge is 0.341 e. The molecule has 0 fully saturated rings. The van der Waals surface area contributed by atoms with Gasteiger partial charge in [0.15, 0.2) is 0 Å². The van der Waals surface area contributed by atoms with Crippen LogP contribution in [-0.2, 0) is 6.54 Å². The fraction of sp³-hybridized carbons (Fsp3) is 0.0690. The predicted molar refractivity (Wildman–Crippen MR) is 255 cm³/mol. The highest BCUT2D eigenvalue weighted by atomic mass is 15.0. The number of aromatic nitrogens is 2. The Kier molecular flexibility index (Phi) is 8.97. The van der Waals surface area contributed by atoms with Gasteiger partial charge in [0, 0.05) is 50.7 Å². The van der Waals surface area contributed by atoms with Crippen LogP contribution in [0.4, 0.5) is 0 Å². The Balaban J connectivity index is 1.45. The number of para-hydroxylation sites is 1. The molecule has 0 radical (unpaired) electrons. The molecule has 2 aromatic heterocycles. The van der Waals surface area contributed by atoms with Gasteiger partial charge < -0.3 is 9.13 Å². The monoisotopic (exact) mass is 768 g/mol. The molecule has 0 N–H and O–H groups in total. The van der Waals surface area contributed by atoms with Gasteiger partial charge in [0.2, 0.25) is 0 Å². The van der Waals surface area contributed by atoms with Crippen molar-refractivity contribution in [1.82, 2.24) is 9.13 Å². The molecule has 0 saturated heterocycles. The van der Waals surface area contributed by atoms with Gasteiger partial charge in [-0.2, -0.15) is 0 Å². The molecule has 0 amide bonds. The quantitative estimate of drug-likeness (QED) is 0.146. The van der Waals surface area contributed by atoms with Crippen LogP contribution in [0.15, 0.2) is 218 Å². The van der Waals surface area contributed by atoms with Crippen LogP contribution in [0.1, 0.15) is 24.8 Å². The minimum absolute atomic E-state index is 0.149. The molecule has 286 valence electrons. The summed E-state index contributed by atoms with van der Waals surface area (Å²) in [5, 5.41) is 5.05. The lowest BCUT2D eigenvalue weighted by atomic mass is 9.75. The zero-order chi connectivity index (χ0) is 40.0. The Morgan fingerprint density at radius 3 is 1.48 bits per heavy atom. The Morgan fingerprint density at radius 2 is 0.933 bits per heavy atom. The maximum atomic E-state index is 2.60. The van der Waals surface area contributed by atoms with Crippen LogP contribution in [0, 0.1) is 0 Å². The number of fused-ring (bicyclic) bond motifs is 4. The van der Waals surface area contributed by atoms with Crippen LogP contribution >= 0.6 is 0 Å². The highest BCUT2D eigenvalue weighted by Crippen LogP contribution is 2.56. The topological polar surface area (TPSA) is 9.86 Å². The first-order chi connectivity index (χ1) is 29.8. The first-order valence-electron chi connectivity index (χ1n) is 21.2. The van der Waals surface area contributed by atoms with E-state index in [1.54, 1.807) is 0 Å². The van der Waals surface area contributed by atoms with Crippen LogP contribution in [0.3, 0.4) is 0 Å². The van der Waals surface area contributed by atoms with Gasteiger partial charge in [-0.15, -0.1) is 0 Å². The molecule has 0 spiro atoms. The van der Waals surface area contributed by atoms with Crippen molar-refractivity contribution in [3.8, 4) is 61.6 Å². The summed E-state index contributed by atoms with van der Waals surface area (Å²) in [6.07, 6.45) is 10.1. The Bertz CT molecular complexity index is 3220. The molecule has 0 aliphatic heterocycles. The maximum Gasteiger partial charge on any atom is 0.0620 e. The molecule has 0 saturated carbocycles. The number of aryl methyl sites for hydroxylation is 1. The van der Waals surface area contributed by atoms with Crippen LogP contribution < -0.4 is 0 Å². The van der Waals surface area contributed by atoms with E-state index in [9.17, 15) is 0 Å². The fourth-order valence-corrected chi connectivity index (χ4v) is 9.97. The van der Waals surface area contributed by atoms with Crippen molar-refractivity contribution in [2.24, 2.45) is 0 Å². The molecule has 1 aliphatic rings.